The Hall–Kier alpha value is 0. The summed E-state index contributed by atoms with van der Waals surface area (Å²) in [6.45, 7) is 7.06. The standard InChI is InChI=1S/C41H84/c1-4-7-9-11-13-15-17-19-21-23-24-26-28-30-32-34-36-38-40-41(6-3)39-37-35-33-31-29-27-25-22-20-18-16-14-12-10-8-5-2/h41H,4-40H2,1-3H3. The number of hydrogen-bond acceptors (Lipinski definition) is 0. The van der Waals surface area contributed by atoms with Crippen molar-refractivity contribution in [3.05, 3.63) is 0 Å². The molecule has 248 valence electrons. The van der Waals surface area contributed by atoms with Crippen LogP contribution in [0, 0.1) is 5.92 Å². The summed E-state index contributed by atoms with van der Waals surface area (Å²) >= 11 is 0. The first-order valence-corrected chi connectivity index (χ1v) is 20.3. The van der Waals surface area contributed by atoms with Crippen molar-refractivity contribution < 1.29 is 0 Å². The summed E-state index contributed by atoms with van der Waals surface area (Å²) in [5.74, 6) is 1.02. The lowest BCUT2D eigenvalue weighted by Crippen LogP contribution is -1.99. The second-order valence-corrected chi connectivity index (χ2v) is 14.2. The minimum Gasteiger partial charge on any atom is -0.0654 e. The summed E-state index contributed by atoms with van der Waals surface area (Å²) in [4.78, 5) is 0. The first-order valence-electron chi connectivity index (χ1n) is 20.3. The van der Waals surface area contributed by atoms with Crippen molar-refractivity contribution in [2.45, 2.75) is 258 Å². The quantitative estimate of drug-likeness (QED) is 0.0645. The van der Waals surface area contributed by atoms with Crippen LogP contribution < -0.4 is 0 Å². The molecule has 1 unspecified atom stereocenters. The van der Waals surface area contributed by atoms with Crippen LogP contribution in [0.25, 0.3) is 0 Å². The monoisotopic (exact) mass is 577 g/mol. The summed E-state index contributed by atoms with van der Waals surface area (Å²) in [6.07, 6.45) is 54.8. The van der Waals surface area contributed by atoms with Crippen molar-refractivity contribution in [1.82, 2.24) is 0 Å². The van der Waals surface area contributed by atoms with Gasteiger partial charge in [-0.3, -0.25) is 0 Å². The van der Waals surface area contributed by atoms with Crippen LogP contribution in [0.2, 0.25) is 0 Å². The first-order chi connectivity index (χ1) is 20.3. The zero-order valence-corrected chi connectivity index (χ0v) is 29.7. The van der Waals surface area contributed by atoms with E-state index in [1.807, 2.05) is 0 Å². The summed E-state index contributed by atoms with van der Waals surface area (Å²) in [7, 11) is 0. The molecule has 0 aliphatic rings. The van der Waals surface area contributed by atoms with Crippen molar-refractivity contribution in [3.8, 4) is 0 Å². The summed E-state index contributed by atoms with van der Waals surface area (Å²) < 4.78 is 0. The van der Waals surface area contributed by atoms with Crippen molar-refractivity contribution in [3.63, 3.8) is 0 Å². The van der Waals surface area contributed by atoms with E-state index in [2.05, 4.69) is 20.8 Å². The minimum atomic E-state index is 1.02. The molecule has 0 radical (unpaired) electrons. The highest BCUT2D eigenvalue weighted by Crippen LogP contribution is 2.22. The third-order valence-electron chi connectivity index (χ3n) is 10.0. The molecule has 0 aromatic carbocycles. The van der Waals surface area contributed by atoms with Crippen LogP contribution in [-0.2, 0) is 0 Å². The average Bonchev–Trinajstić information content (AvgIpc) is 2.99. The molecular formula is C41H84. The third kappa shape index (κ3) is 36.1. The van der Waals surface area contributed by atoms with Gasteiger partial charge in [0, 0.05) is 0 Å². The highest BCUT2D eigenvalue weighted by atomic mass is 14.1. The fraction of sp³-hybridized carbons (Fsp3) is 1.00. The Morgan fingerprint density at radius 1 is 0.220 bits per heavy atom. The molecule has 0 heteroatoms. The van der Waals surface area contributed by atoms with Gasteiger partial charge in [-0.2, -0.15) is 0 Å². The van der Waals surface area contributed by atoms with E-state index in [9.17, 15) is 0 Å². The van der Waals surface area contributed by atoms with Gasteiger partial charge in [-0.1, -0.05) is 258 Å². The van der Waals surface area contributed by atoms with Crippen LogP contribution in [0.5, 0.6) is 0 Å². The number of unbranched alkanes of at least 4 members (excludes halogenated alkanes) is 32. The first kappa shape index (κ1) is 41.0. The molecule has 0 rings (SSSR count). The molecule has 0 fully saturated rings. The van der Waals surface area contributed by atoms with Crippen LogP contribution in [0.3, 0.4) is 0 Å². The van der Waals surface area contributed by atoms with Crippen LogP contribution in [0.15, 0.2) is 0 Å². The Bertz CT molecular complexity index is 426. The van der Waals surface area contributed by atoms with Crippen molar-refractivity contribution in [1.29, 1.82) is 0 Å². The molecule has 0 aliphatic heterocycles. The van der Waals surface area contributed by atoms with E-state index < -0.39 is 0 Å². The van der Waals surface area contributed by atoms with Crippen LogP contribution in [0.4, 0.5) is 0 Å². The zero-order valence-electron chi connectivity index (χ0n) is 29.7. The van der Waals surface area contributed by atoms with Gasteiger partial charge in [0.2, 0.25) is 0 Å². The second-order valence-electron chi connectivity index (χ2n) is 14.2. The number of hydrogen-bond donors (Lipinski definition) is 0. The van der Waals surface area contributed by atoms with E-state index in [1.165, 1.54) is 238 Å². The van der Waals surface area contributed by atoms with Crippen LogP contribution in [0.1, 0.15) is 258 Å². The lowest BCUT2D eigenvalue weighted by molar-refractivity contribution is 0.392. The lowest BCUT2D eigenvalue weighted by Gasteiger charge is -2.14. The maximum absolute atomic E-state index is 2.44. The van der Waals surface area contributed by atoms with Crippen molar-refractivity contribution in [2.75, 3.05) is 0 Å². The van der Waals surface area contributed by atoms with Gasteiger partial charge in [-0.25, -0.2) is 0 Å². The lowest BCUT2D eigenvalue weighted by atomic mass is 9.92. The molecule has 0 amide bonds. The van der Waals surface area contributed by atoms with Gasteiger partial charge in [0.1, 0.15) is 0 Å². The van der Waals surface area contributed by atoms with Gasteiger partial charge >= 0.3 is 0 Å². The highest BCUT2D eigenvalue weighted by molar-refractivity contribution is 4.60. The SMILES string of the molecule is CCCCCCCCCCCCCCCCCCCCC(CC)CCCCCCCCCCCCCCCCCC. The van der Waals surface area contributed by atoms with Gasteiger partial charge in [-0.15, -0.1) is 0 Å². The maximum Gasteiger partial charge on any atom is -0.0417 e. The summed E-state index contributed by atoms with van der Waals surface area (Å²) in [6, 6.07) is 0. The summed E-state index contributed by atoms with van der Waals surface area (Å²) in [5, 5.41) is 0. The Morgan fingerprint density at radius 3 is 0.561 bits per heavy atom. The van der Waals surface area contributed by atoms with Crippen molar-refractivity contribution in [2.24, 2.45) is 5.92 Å². The Kier molecular flexibility index (Phi) is 38.0. The maximum atomic E-state index is 2.44. The van der Waals surface area contributed by atoms with Gasteiger partial charge in [0.15, 0.2) is 0 Å². The smallest absolute Gasteiger partial charge is 0.0417 e. The molecule has 0 heterocycles. The minimum absolute atomic E-state index is 1.02. The van der Waals surface area contributed by atoms with Gasteiger partial charge in [0.05, 0.1) is 0 Å². The molecule has 0 saturated carbocycles. The molecular weight excluding hydrogens is 492 g/mol. The van der Waals surface area contributed by atoms with E-state index >= 15 is 0 Å². The van der Waals surface area contributed by atoms with E-state index in [0.717, 1.165) is 5.92 Å². The third-order valence-corrected chi connectivity index (χ3v) is 10.0. The Labute approximate surface area is 263 Å². The van der Waals surface area contributed by atoms with Gasteiger partial charge in [0.25, 0.3) is 0 Å². The zero-order chi connectivity index (χ0) is 29.7. The predicted molar refractivity (Wildman–Crippen MR) is 191 cm³/mol. The fourth-order valence-corrected chi connectivity index (χ4v) is 6.87. The fourth-order valence-electron chi connectivity index (χ4n) is 6.87. The summed E-state index contributed by atoms with van der Waals surface area (Å²) in [5.41, 5.74) is 0. The molecule has 0 nitrogen and oxygen atoms in total. The normalized spacial score (nSPS) is 12.4. The average molecular weight is 577 g/mol. The molecule has 0 aromatic rings. The van der Waals surface area contributed by atoms with Crippen LogP contribution in [-0.4, -0.2) is 0 Å². The predicted octanol–water partition coefficient (Wildman–Crippen LogP) is 16.1. The highest BCUT2D eigenvalue weighted by Gasteiger charge is 2.06. The van der Waals surface area contributed by atoms with E-state index in [1.54, 1.807) is 0 Å². The molecule has 0 aliphatic carbocycles. The van der Waals surface area contributed by atoms with Gasteiger partial charge < -0.3 is 0 Å². The molecule has 0 saturated heterocycles. The molecule has 0 N–H and O–H groups in total. The number of rotatable bonds is 37. The van der Waals surface area contributed by atoms with E-state index in [4.69, 9.17) is 0 Å². The molecule has 41 heavy (non-hydrogen) atoms. The van der Waals surface area contributed by atoms with E-state index in [-0.39, 0.29) is 0 Å². The van der Waals surface area contributed by atoms with Gasteiger partial charge in [-0.05, 0) is 5.92 Å². The Balaban J connectivity index is 3.24. The largest absolute Gasteiger partial charge is 0.0654 e. The topological polar surface area (TPSA) is 0 Å². The van der Waals surface area contributed by atoms with Crippen molar-refractivity contribution >= 4 is 0 Å². The molecule has 0 aromatic heterocycles. The molecule has 0 bridgehead atoms. The molecule has 0 spiro atoms. The second kappa shape index (κ2) is 38.0. The van der Waals surface area contributed by atoms with Crippen LogP contribution >= 0.6 is 0 Å². The molecule has 1 atom stereocenters. The van der Waals surface area contributed by atoms with E-state index in [0.29, 0.717) is 0 Å². The Morgan fingerprint density at radius 2 is 0.390 bits per heavy atom.